The molecule has 1 atom stereocenters. The predicted octanol–water partition coefficient (Wildman–Crippen LogP) is 24.2. The number of carbonyl (C=O) groups excluding carboxylic acids is 1. The van der Waals surface area contributed by atoms with Crippen molar-refractivity contribution in [1.29, 1.82) is 0 Å². The van der Waals surface area contributed by atoms with Crippen molar-refractivity contribution in [2.24, 2.45) is 47.5 Å². The molecule has 16 rings (SSSR count). The van der Waals surface area contributed by atoms with Gasteiger partial charge in [-0.2, -0.15) is 15.2 Å². The topological polar surface area (TPSA) is 292 Å². The summed E-state index contributed by atoms with van der Waals surface area (Å²) in [6.45, 7) is 99.7. The van der Waals surface area contributed by atoms with Crippen molar-refractivity contribution in [2.45, 2.75) is 401 Å². The number of fused-ring (bicyclic) bond motifs is 3. The van der Waals surface area contributed by atoms with E-state index in [-0.39, 0.29) is 99.2 Å². The fourth-order valence-electron chi connectivity index (χ4n) is 14.5. The highest BCUT2D eigenvalue weighted by Gasteiger charge is 2.38. The fraction of sp³-hybridized carbons (Fsp3) is 0.633. The number of hydrogen-bond donors (Lipinski definition) is 6. The number of oxazole rings is 1. The number of hydrogen-bond acceptors (Lipinski definition) is 22. The molecule has 0 amide bonds. The quantitative estimate of drug-likeness (QED) is 0.0770. The van der Waals surface area contributed by atoms with Gasteiger partial charge in [-0.25, -0.2) is 20.5 Å². The van der Waals surface area contributed by atoms with Gasteiger partial charge in [0.1, 0.15) is 30.0 Å². The largest absolute Gasteiger partial charge is 0.549 e. The molecule has 24 nitrogen and oxygen atoms in total. The number of amidine groups is 1. The number of H-pyrrole nitrogens is 1. The summed E-state index contributed by atoms with van der Waals surface area (Å²) in [6.07, 6.45) is 25.1. The van der Waals surface area contributed by atoms with Gasteiger partial charge >= 0.3 is 35.0 Å². The number of benzene rings is 3. The molecule has 1 unspecified atom stereocenters. The summed E-state index contributed by atoms with van der Waals surface area (Å²) < 4.78 is 39.7. The van der Waals surface area contributed by atoms with E-state index in [2.05, 4.69) is 387 Å². The molecule has 3 aromatic heterocycles. The molecule has 10 aliphatic rings. The number of carbonyl (C=O) groups is 1. The zero-order valence-corrected chi connectivity index (χ0v) is 93.6. The van der Waals surface area contributed by atoms with Crippen LogP contribution in [0.4, 0.5) is 0 Å². The van der Waals surface area contributed by atoms with Crippen LogP contribution in [0, 0.1) is 32.5 Å². The number of allylic oxidation sites excluding steroid dienone is 4. The number of aliphatic hydroxyl groups excluding tert-OH is 1. The van der Waals surface area contributed by atoms with Crippen molar-refractivity contribution >= 4 is 76.1 Å². The van der Waals surface area contributed by atoms with E-state index in [1.807, 2.05) is 75.1 Å². The molecule has 1 aliphatic carbocycles. The number of rotatable bonds is 0. The van der Waals surface area contributed by atoms with Crippen LogP contribution in [0.2, 0.25) is 33.6 Å². The van der Waals surface area contributed by atoms with Gasteiger partial charge in [0.05, 0.1) is 37.2 Å². The van der Waals surface area contributed by atoms with Crippen LogP contribution in [0.3, 0.4) is 0 Å². The summed E-state index contributed by atoms with van der Waals surface area (Å²) in [5.41, 5.74) is 21.0. The molecule has 1 fully saturated rings. The lowest BCUT2D eigenvalue weighted by Gasteiger charge is -2.31. The lowest BCUT2D eigenvalue weighted by Crippen LogP contribution is -2.45. The Morgan fingerprint density at radius 1 is 0.568 bits per heavy atom. The van der Waals surface area contributed by atoms with Crippen LogP contribution in [0.15, 0.2) is 171 Å². The second-order valence-corrected chi connectivity index (χ2v) is 50.2. The van der Waals surface area contributed by atoms with Gasteiger partial charge in [-0.1, -0.05) is 323 Å². The lowest BCUT2D eigenvalue weighted by molar-refractivity contribution is -0.115. The van der Waals surface area contributed by atoms with Gasteiger partial charge in [0.15, 0.2) is 17.6 Å². The average molecular weight is 1920 g/mol. The minimum atomic E-state index is -0.667. The average Bonchev–Trinajstić information content (AvgIpc) is 1.70. The van der Waals surface area contributed by atoms with Crippen LogP contribution < -0.4 is 26.5 Å². The van der Waals surface area contributed by atoms with E-state index in [0.717, 1.165) is 72.9 Å². The van der Waals surface area contributed by atoms with Crippen LogP contribution in [0.25, 0.3) is 0 Å². The second-order valence-electron chi connectivity index (χ2n) is 50.2. The number of aromatic nitrogens is 6. The molecular formula is C109H184B6N12O12. The fourth-order valence-corrected chi connectivity index (χ4v) is 14.5. The number of aromatic amines is 1. The SMILES string of the molecule is C.C=C1N=C(C(C)(C)C)NO1.CB1CCC(C(C)(C)C)O1.CB1CN=C(C(C)(C)C)O1.CB1OCc2cc(C(C)(C)C)ccc21.CB1OCc2ccc(C(C)(C)C)cc21.CC(C)(C)C1=C(O)CCC1=O.CC(C)(C)C1=CCOB1O.CC(C)(C)C1=NC=CC1.CC(C)(C)N1CC=CN1.CC(C)(C)c1ccc2c(c1)OB(O)C2.CC(C)(C)c1ncco1.CC(C)(C)c1ncn[nH]1.CC(C)(C)n1cccn1. The summed E-state index contributed by atoms with van der Waals surface area (Å²) >= 11 is 0. The van der Waals surface area contributed by atoms with Gasteiger partial charge in [0, 0.05) is 114 Å². The third-order valence-corrected chi connectivity index (χ3v) is 23.3. The maximum Gasteiger partial charge on any atom is 0.527 e. The Kier molecular flexibility index (Phi) is 46.8. The first-order valence-corrected chi connectivity index (χ1v) is 49.6. The molecule has 139 heavy (non-hydrogen) atoms. The normalized spacial score (nSPS) is 17.1. The zero-order valence-electron chi connectivity index (χ0n) is 93.6. The maximum atomic E-state index is 11.2. The number of aliphatic hydroxyl groups is 1. The van der Waals surface area contributed by atoms with Gasteiger partial charge < -0.3 is 57.8 Å². The van der Waals surface area contributed by atoms with Crippen molar-refractivity contribution in [1.82, 2.24) is 45.9 Å². The van der Waals surface area contributed by atoms with Crippen LogP contribution in [0.1, 0.15) is 348 Å². The standard InChI is InChI=1S/2C12H17BO.C11H15BO2.C9H14O2.C8H17BO.C8H13N.C7H14BNO.C7H13BO2.C7H12N2O.C7H14N2.C7H12N2.C7H11NO.C6H11N3.CH4/c1-12(2,3)10-5-6-11-9(7-10)8-14-13(11)4;1-12(2,3)10-6-5-9-8-14-13(4)11(9)7-10;1-11(2,3)9-5-4-8-7-12(13)14-10(8)6-9;1-9(2,3)8-6(10)4-5-7(8)11;1-8(2,3)7-5-6-9(4)10-7;1-8(2,3)7-5-4-6-9-7;1-7(2,3)6-9-5-8(4)10-6;1-7(2,3)6-4-5-10-8(6)9;1-5-8-6(9-10-5)7(2,3)4;2*1-7(2,3)9-6-4-5-8-9;1-7(2,3)6-8-4-5-9-6;1-6(2,3)5-7-4-8-9-5;/h2*5-7H,8H2,1-4H3;4-6,13H,7H2,1-3H3;10H,4-5H2,1-3H3;7H,5-6H2,1-4H3;4,6H,5H2,1-3H3;5H2,1-4H3;4,9H,5H2,1-3H3;1H2,2-4H3,(H,8,9);4-5,8H,6H2,1-3H3;4-6H,1-3H3;4-5H,1-3H3;4H,1-3H3,(H,7,8,9);1H4. The number of hydroxylamine groups is 1. The third kappa shape index (κ3) is 43.7. The maximum absolute atomic E-state index is 11.2. The van der Waals surface area contributed by atoms with Crippen molar-refractivity contribution in [3.05, 3.63) is 197 Å². The third-order valence-electron chi connectivity index (χ3n) is 23.3. The van der Waals surface area contributed by atoms with Crippen molar-refractivity contribution < 1.29 is 57.1 Å². The van der Waals surface area contributed by atoms with E-state index in [0.29, 0.717) is 61.4 Å². The Morgan fingerprint density at radius 3 is 1.47 bits per heavy atom. The number of nitrogens with zero attached hydrogens (tertiary/aromatic N) is 9. The van der Waals surface area contributed by atoms with Crippen LogP contribution in [0.5, 0.6) is 5.75 Å². The van der Waals surface area contributed by atoms with Gasteiger partial charge in [0.2, 0.25) is 5.88 Å². The number of nitrogens with one attached hydrogen (secondary N) is 3. The summed E-state index contributed by atoms with van der Waals surface area (Å²) in [4.78, 5) is 36.7. The highest BCUT2D eigenvalue weighted by Crippen LogP contribution is 2.38. The molecule has 6 aromatic rings. The number of Topliss-reactive ketones (excluding diaryl/α,β-unsaturated/α-hetero) is 1. The van der Waals surface area contributed by atoms with E-state index in [1.54, 1.807) is 18.7 Å². The van der Waals surface area contributed by atoms with E-state index in [4.69, 9.17) is 37.2 Å². The second kappa shape index (κ2) is 52.2. The first-order chi connectivity index (χ1) is 62.9. The lowest BCUT2D eigenvalue weighted by atomic mass is 9.63. The summed E-state index contributed by atoms with van der Waals surface area (Å²) in [7, 11) is -1.32. The van der Waals surface area contributed by atoms with Crippen molar-refractivity contribution in [3.8, 4) is 5.75 Å². The molecule has 770 valence electrons. The van der Waals surface area contributed by atoms with Gasteiger partial charge in [0.25, 0.3) is 6.92 Å². The van der Waals surface area contributed by atoms with E-state index in [1.165, 1.54) is 63.5 Å². The summed E-state index contributed by atoms with van der Waals surface area (Å²) in [6, 6.07) is 21.6. The molecular weight excluding hydrogens is 1730 g/mol. The number of aliphatic imine (C=N–C) groups is 3. The molecule has 0 spiro atoms. The van der Waals surface area contributed by atoms with Crippen molar-refractivity contribution in [2.75, 3.05) is 19.6 Å². The van der Waals surface area contributed by atoms with Gasteiger partial charge in [-0.05, 0) is 162 Å². The Balaban J connectivity index is 0.000000389. The number of ketones is 1. The van der Waals surface area contributed by atoms with Crippen LogP contribution in [-0.2, 0) is 85.1 Å². The highest BCUT2D eigenvalue weighted by molar-refractivity contribution is 6.68. The minimum absolute atomic E-state index is 0. The van der Waals surface area contributed by atoms with Crippen LogP contribution in [-0.4, -0.2) is 146 Å². The van der Waals surface area contributed by atoms with E-state index >= 15 is 0 Å². The Labute approximate surface area is 844 Å². The van der Waals surface area contributed by atoms with Crippen LogP contribution >= 0.6 is 0 Å². The van der Waals surface area contributed by atoms with E-state index < -0.39 is 14.2 Å². The molecule has 6 N–H and O–H groups in total. The van der Waals surface area contributed by atoms with Crippen molar-refractivity contribution in [3.63, 3.8) is 0 Å². The predicted molar refractivity (Wildman–Crippen MR) is 588 cm³/mol. The first kappa shape index (κ1) is 125. The van der Waals surface area contributed by atoms with E-state index in [9.17, 15) is 19.9 Å². The Hall–Kier alpha value is -8.49. The monoisotopic (exact) mass is 1920 g/mol. The highest BCUT2D eigenvalue weighted by atomic mass is 16.7. The summed E-state index contributed by atoms with van der Waals surface area (Å²) in [5, 5.41) is 40.8. The Morgan fingerprint density at radius 2 is 1.14 bits per heavy atom. The molecule has 0 saturated carbocycles. The van der Waals surface area contributed by atoms with Gasteiger partial charge in [-0.15, -0.1) is 0 Å². The molecule has 1 saturated heterocycles. The molecule has 0 bridgehead atoms. The molecule has 0 radical (unpaired) electrons. The zero-order chi connectivity index (χ0) is 105. The molecule has 30 heteroatoms. The molecule has 12 heterocycles. The first-order valence-electron chi connectivity index (χ1n) is 49.6. The van der Waals surface area contributed by atoms with Gasteiger partial charge in [-0.3, -0.25) is 24.6 Å². The molecule has 3 aromatic carbocycles. The number of hydrazine groups is 1. The Bertz CT molecular complexity index is 4850. The molecule has 9 aliphatic heterocycles. The smallest absolute Gasteiger partial charge is 0.527 e. The summed E-state index contributed by atoms with van der Waals surface area (Å²) in [5.74, 6) is 5.13. The minimum Gasteiger partial charge on any atom is -0.549 e.